The summed E-state index contributed by atoms with van der Waals surface area (Å²) in [7, 11) is 1.52. The molecule has 12 heteroatoms. The number of amides is 2. The van der Waals surface area contributed by atoms with Gasteiger partial charge in [0.2, 0.25) is 11.8 Å². The second kappa shape index (κ2) is 13.5. The summed E-state index contributed by atoms with van der Waals surface area (Å²) in [5.41, 5.74) is -1.61. The number of piperidine rings is 1. The van der Waals surface area contributed by atoms with Crippen LogP contribution in [0.15, 0.2) is 36.4 Å². The van der Waals surface area contributed by atoms with Crippen LogP contribution in [0.4, 0.5) is 17.6 Å². The van der Waals surface area contributed by atoms with Gasteiger partial charge in [0.05, 0.1) is 21.0 Å². The van der Waals surface area contributed by atoms with Gasteiger partial charge in [0.25, 0.3) is 0 Å². The lowest BCUT2D eigenvalue weighted by atomic mass is 9.77. The van der Waals surface area contributed by atoms with Gasteiger partial charge >= 0.3 is 6.18 Å². The molecule has 2 fully saturated rings. The van der Waals surface area contributed by atoms with E-state index in [9.17, 15) is 27.2 Å². The lowest BCUT2D eigenvalue weighted by Gasteiger charge is -2.39. The van der Waals surface area contributed by atoms with Gasteiger partial charge in [-0.3, -0.25) is 9.59 Å². The second-order valence-corrected chi connectivity index (χ2v) is 11.8. The normalized spacial score (nSPS) is 18.2. The highest BCUT2D eigenvalue weighted by Gasteiger charge is 2.39. The molecular weight excluding hydrogens is 605 g/mol. The van der Waals surface area contributed by atoms with Gasteiger partial charge in [-0.2, -0.15) is 13.2 Å². The highest BCUT2D eigenvalue weighted by atomic mass is 35.5. The van der Waals surface area contributed by atoms with Gasteiger partial charge < -0.3 is 14.7 Å². The minimum Gasteiger partial charge on any atom is -0.341 e. The zero-order chi connectivity index (χ0) is 29.2. The van der Waals surface area contributed by atoms with Gasteiger partial charge in [0.15, 0.2) is 0 Å². The van der Waals surface area contributed by atoms with E-state index in [1.54, 1.807) is 25.1 Å². The maximum Gasteiger partial charge on any atom is 0.419 e. The number of carbonyl (C=O) groups is 2. The molecule has 0 aromatic heterocycles. The third-order valence-corrected chi connectivity index (χ3v) is 8.91. The van der Waals surface area contributed by atoms with Crippen LogP contribution >= 0.6 is 35.6 Å². The largest absolute Gasteiger partial charge is 0.419 e. The number of halogens is 7. The SMILES string of the molecule is CN(Cc1ccc(F)c(C(F)(F)F)c1)C(=O)[C@@](C)(CCN1CCC(N2CCCC2=O)CC1)c1ccc(Cl)c(Cl)c1.Cl. The zero-order valence-electron chi connectivity index (χ0n) is 22.9. The Morgan fingerprint density at radius 1 is 1.05 bits per heavy atom. The maximum absolute atomic E-state index is 13.9. The summed E-state index contributed by atoms with van der Waals surface area (Å²) < 4.78 is 53.5. The molecule has 2 heterocycles. The number of likely N-dealkylation sites (tertiary alicyclic amines) is 2. The molecule has 5 nitrogen and oxygen atoms in total. The molecule has 2 aromatic rings. The van der Waals surface area contributed by atoms with E-state index in [1.807, 2.05) is 4.90 Å². The Morgan fingerprint density at radius 3 is 2.32 bits per heavy atom. The van der Waals surface area contributed by atoms with Crippen LogP contribution < -0.4 is 0 Å². The van der Waals surface area contributed by atoms with Crippen molar-refractivity contribution in [3.05, 3.63) is 69.0 Å². The van der Waals surface area contributed by atoms with Gasteiger partial charge in [-0.15, -0.1) is 12.4 Å². The maximum atomic E-state index is 13.9. The smallest absolute Gasteiger partial charge is 0.341 e. The van der Waals surface area contributed by atoms with Gasteiger partial charge in [0.1, 0.15) is 5.82 Å². The summed E-state index contributed by atoms with van der Waals surface area (Å²) in [5.74, 6) is -1.44. The van der Waals surface area contributed by atoms with Crippen molar-refractivity contribution < 1.29 is 27.2 Å². The molecule has 2 saturated heterocycles. The first-order chi connectivity index (χ1) is 18.8. The van der Waals surface area contributed by atoms with E-state index in [0.717, 1.165) is 51.0 Å². The van der Waals surface area contributed by atoms with Crippen LogP contribution in [0, 0.1) is 5.82 Å². The fourth-order valence-electron chi connectivity index (χ4n) is 5.76. The molecule has 41 heavy (non-hydrogen) atoms. The number of likely N-dealkylation sites (N-methyl/N-ethyl adjacent to an activating group) is 1. The third kappa shape index (κ3) is 7.66. The Labute approximate surface area is 254 Å². The molecule has 0 spiro atoms. The number of hydrogen-bond donors (Lipinski definition) is 0. The summed E-state index contributed by atoms with van der Waals surface area (Å²) >= 11 is 12.4. The predicted octanol–water partition coefficient (Wildman–Crippen LogP) is 6.97. The average molecular weight is 639 g/mol. The molecule has 2 aromatic carbocycles. The fourth-order valence-corrected chi connectivity index (χ4v) is 6.06. The highest BCUT2D eigenvalue weighted by molar-refractivity contribution is 6.42. The Morgan fingerprint density at radius 2 is 1.73 bits per heavy atom. The summed E-state index contributed by atoms with van der Waals surface area (Å²) in [6.07, 6.45) is -1.14. The van der Waals surface area contributed by atoms with Crippen LogP contribution in [-0.4, -0.2) is 65.8 Å². The van der Waals surface area contributed by atoms with Crippen LogP contribution in [0.25, 0.3) is 0 Å². The lowest BCUT2D eigenvalue weighted by Crippen LogP contribution is -2.48. The second-order valence-electron chi connectivity index (χ2n) is 10.9. The number of alkyl halides is 3. The molecule has 1 atom stereocenters. The Balaban J connectivity index is 0.00000462. The van der Waals surface area contributed by atoms with Gasteiger partial charge in [0, 0.05) is 45.7 Å². The Hall–Kier alpha value is -2.07. The topological polar surface area (TPSA) is 43.9 Å². The molecule has 4 rings (SSSR count). The molecule has 226 valence electrons. The van der Waals surface area contributed by atoms with E-state index >= 15 is 0 Å². The summed E-state index contributed by atoms with van der Waals surface area (Å²) in [6.45, 7) is 4.68. The van der Waals surface area contributed by atoms with E-state index in [2.05, 4.69) is 4.90 Å². The van der Waals surface area contributed by atoms with Crippen molar-refractivity contribution in [1.82, 2.24) is 14.7 Å². The molecule has 2 aliphatic heterocycles. The molecule has 0 aliphatic carbocycles. The first-order valence-corrected chi connectivity index (χ1v) is 14.1. The van der Waals surface area contributed by atoms with E-state index in [0.29, 0.717) is 35.0 Å². The Bertz CT molecular complexity index is 1250. The van der Waals surface area contributed by atoms with Crippen molar-refractivity contribution in [2.24, 2.45) is 0 Å². The number of rotatable bonds is 8. The summed E-state index contributed by atoms with van der Waals surface area (Å²) in [6, 6.07) is 8.03. The van der Waals surface area contributed by atoms with Gasteiger partial charge in [-0.05, 0) is 74.5 Å². The average Bonchev–Trinajstić information content (AvgIpc) is 3.34. The van der Waals surface area contributed by atoms with E-state index < -0.39 is 23.0 Å². The highest BCUT2D eigenvalue weighted by Crippen LogP contribution is 2.36. The quantitative estimate of drug-likeness (QED) is 0.294. The van der Waals surface area contributed by atoms with Crippen LogP contribution in [-0.2, 0) is 27.7 Å². The molecular formula is C29H34Cl3F4N3O2. The monoisotopic (exact) mass is 637 g/mol. The van der Waals surface area contributed by atoms with E-state index in [1.165, 1.54) is 18.0 Å². The molecule has 2 amide bonds. The molecule has 0 bridgehead atoms. The van der Waals surface area contributed by atoms with Crippen molar-refractivity contribution in [2.75, 3.05) is 33.2 Å². The minimum atomic E-state index is -4.84. The van der Waals surface area contributed by atoms with Crippen LogP contribution in [0.3, 0.4) is 0 Å². The third-order valence-electron chi connectivity index (χ3n) is 8.17. The summed E-state index contributed by atoms with van der Waals surface area (Å²) in [4.78, 5) is 31.7. The molecule has 0 saturated carbocycles. The van der Waals surface area contributed by atoms with Crippen LogP contribution in [0.2, 0.25) is 10.0 Å². The number of hydrogen-bond acceptors (Lipinski definition) is 3. The predicted molar refractivity (Wildman–Crippen MR) is 154 cm³/mol. The van der Waals surface area contributed by atoms with Crippen molar-refractivity contribution in [2.45, 2.75) is 63.2 Å². The first kappa shape index (κ1) is 33.4. The molecule has 2 aliphatic rings. The van der Waals surface area contributed by atoms with Crippen LogP contribution in [0.1, 0.15) is 55.7 Å². The standard InChI is InChI=1S/C29H33Cl2F4N3O2.ClH/c1-28(20-6-7-23(30)24(31)17-20,11-15-37-13-9-21(10-14-37)38-12-3-4-26(38)39)27(40)36(2)18-19-5-8-25(32)22(16-19)29(33,34)35;/h5-8,16-17,21H,3-4,9-15,18H2,1-2H3;1H/t28-;/m0./s1. The van der Waals surface area contributed by atoms with Crippen LogP contribution in [0.5, 0.6) is 0 Å². The van der Waals surface area contributed by atoms with Crippen molar-refractivity contribution in [3.8, 4) is 0 Å². The van der Waals surface area contributed by atoms with Crippen molar-refractivity contribution in [3.63, 3.8) is 0 Å². The minimum absolute atomic E-state index is 0. The Kier molecular flexibility index (Phi) is 11.0. The number of benzene rings is 2. The number of carbonyl (C=O) groups excluding carboxylic acids is 2. The zero-order valence-corrected chi connectivity index (χ0v) is 25.3. The fraction of sp³-hybridized carbons (Fsp3) is 0.517. The lowest BCUT2D eigenvalue weighted by molar-refractivity contribution is -0.140. The molecule has 0 unspecified atom stereocenters. The van der Waals surface area contributed by atoms with E-state index in [4.69, 9.17) is 23.2 Å². The summed E-state index contributed by atoms with van der Waals surface area (Å²) in [5, 5.41) is 0.642. The number of nitrogens with zero attached hydrogens (tertiary/aromatic N) is 3. The molecule has 0 radical (unpaired) electrons. The van der Waals surface area contributed by atoms with Crippen molar-refractivity contribution in [1.29, 1.82) is 0 Å². The van der Waals surface area contributed by atoms with Gasteiger partial charge in [-0.1, -0.05) is 35.3 Å². The molecule has 0 N–H and O–H groups in total. The van der Waals surface area contributed by atoms with E-state index in [-0.39, 0.29) is 42.4 Å². The first-order valence-electron chi connectivity index (χ1n) is 13.4. The van der Waals surface area contributed by atoms with Gasteiger partial charge in [-0.25, -0.2) is 4.39 Å². The van der Waals surface area contributed by atoms with Crippen molar-refractivity contribution >= 4 is 47.4 Å².